The lowest BCUT2D eigenvalue weighted by atomic mass is 10.1. The Balaban J connectivity index is 2.73. The summed E-state index contributed by atoms with van der Waals surface area (Å²) in [6.45, 7) is 0. The van der Waals surface area contributed by atoms with E-state index in [-0.39, 0.29) is 14.5 Å². The molecule has 0 aliphatic carbocycles. The molecule has 2 aromatic carbocycles. The van der Waals surface area contributed by atoms with E-state index in [9.17, 15) is 39.3 Å². The Kier molecular flexibility index (Phi) is 6.13. The Morgan fingerprint density at radius 1 is 0.889 bits per heavy atom. The van der Waals surface area contributed by atoms with Gasteiger partial charge in [-0.2, -0.15) is 30.7 Å². The molecule has 1 atom stereocenters. The molecule has 0 aliphatic heterocycles. The van der Waals surface area contributed by atoms with E-state index >= 15 is 0 Å². The molecule has 0 fully saturated rings. The molecule has 0 bridgehead atoms. The van der Waals surface area contributed by atoms with E-state index in [1.54, 1.807) is 0 Å². The minimum atomic E-state index is -6.63. The van der Waals surface area contributed by atoms with E-state index in [2.05, 4.69) is 31.9 Å². The molecule has 0 saturated heterocycles. The van der Waals surface area contributed by atoms with Crippen LogP contribution in [0.4, 0.5) is 35.1 Å². The van der Waals surface area contributed by atoms with Crippen molar-refractivity contribution in [3.63, 3.8) is 0 Å². The summed E-state index contributed by atoms with van der Waals surface area (Å²) in [5.74, 6) is -7.38. The van der Waals surface area contributed by atoms with Crippen molar-refractivity contribution in [1.82, 2.24) is 0 Å². The van der Waals surface area contributed by atoms with Gasteiger partial charge in [-0.3, -0.25) is 0 Å². The molecule has 0 amide bonds. The molecule has 27 heavy (non-hydrogen) atoms. The second kappa shape index (κ2) is 7.43. The van der Waals surface area contributed by atoms with Gasteiger partial charge in [-0.05, 0) is 29.8 Å². The average molecular weight is 546 g/mol. The highest BCUT2D eigenvalue weighted by atomic mass is 79.9. The topological polar surface area (TPSA) is 17.1 Å². The third kappa shape index (κ3) is 4.07. The lowest BCUT2D eigenvalue weighted by Crippen LogP contribution is -2.54. The van der Waals surface area contributed by atoms with Gasteiger partial charge < -0.3 is 0 Å². The van der Waals surface area contributed by atoms with Crippen molar-refractivity contribution in [2.75, 3.05) is 0 Å². The molecule has 0 spiro atoms. The zero-order valence-corrected chi connectivity index (χ0v) is 16.5. The van der Waals surface area contributed by atoms with Gasteiger partial charge in [0.25, 0.3) is 0 Å². The molecule has 0 saturated carbocycles. The molecule has 2 aromatic rings. The normalized spacial score (nSPS) is 14.3. The highest BCUT2D eigenvalue weighted by Gasteiger charge is 2.76. The zero-order chi connectivity index (χ0) is 20.8. The first-order valence-corrected chi connectivity index (χ1v) is 9.43. The van der Waals surface area contributed by atoms with Crippen LogP contribution < -0.4 is 0 Å². The molecule has 0 heterocycles. The van der Waals surface area contributed by atoms with E-state index in [0.29, 0.717) is 6.07 Å². The Morgan fingerprint density at radius 3 is 2.00 bits per heavy atom. The molecule has 12 heteroatoms. The minimum absolute atomic E-state index is 0.0241. The second-order valence-electron chi connectivity index (χ2n) is 5.13. The van der Waals surface area contributed by atoms with Crippen LogP contribution in [0.3, 0.4) is 0 Å². The van der Waals surface area contributed by atoms with Crippen LogP contribution in [0.1, 0.15) is 0 Å². The van der Waals surface area contributed by atoms with Crippen LogP contribution in [0.15, 0.2) is 50.2 Å². The maximum Gasteiger partial charge on any atom is 0.461 e. The third-order valence-electron chi connectivity index (χ3n) is 3.29. The van der Waals surface area contributed by atoms with Crippen molar-refractivity contribution in [3.05, 3.63) is 51.2 Å². The van der Waals surface area contributed by atoms with Crippen LogP contribution in [0.2, 0.25) is 0 Å². The Morgan fingerprint density at radius 2 is 1.48 bits per heavy atom. The molecule has 148 valence electrons. The fourth-order valence-corrected chi connectivity index (χ4v) is 5.05. The third-order valence-corrected chi connectivity index (χ3v) is 5.81. The molecule has 1 unspecified atom stereocenters. The van der Waals surface area contributed by atoms with Gasteiger partial charge in [0.1, 0.15) is 16.6 Å². The van der Waals surface area contributed by atoms with Crippen LogP contribution in [0.25, 0.3) is 11.1 Å². The van der Waals surface area contributed by atoms with Gasteiger partial charge in [0.2, 0.25) is 0 Å². The summed E-state index contributed by atoms with van der Waals surface area (Å²) in [4.78, 5) is -1.03. The smallest absolute Gasteiger partial charge is 0.248 e. The first kappa shape index (κ1) is 22.3. The SMILES string of the molecule is O=S(c1cc(Br)cc(Br)c1-c1cccc(F)c1)C(F)(F)C(F)(F)C(F)(F)F. The molecular formula is C15H6Br2F8OS. The first-order valence-electron chi connectivity index (χ1n) is 6.69. The van der Waals surface area contributed by atoms with Crippen molar-refractivity contribution in [3.8, 4) is 11.1 Å². The molecule has 0 N–H and O–H groups in total. The van der Waals surface area contributed by atoms with Gasteiger partial charge in [0, 0.05) is 14.5 Å². The van der Waals surface area contributed by atoms with Crippen molar-refractivity contribution in [2.45, 2.75) is 22.2 Å². The molecular weight excluding hydrogens is 540 g/mol. The van der Waals surface area contributed by atoms with Crippen molar-refractivity contribution in [2.24, 2.45) is 0 Å². The monoisotopic (exact) mass is 544 g/mol. The van der Waals surface area contributed by atoms with Gasteiger partial charge in [0.15, 0.2) is 0 Å². The Labute approximate surface area is 166 Å². The largest absolute Gasteiger partial charge is 0.461 e. The maximum atomic E-state index is 13.9. The van der Waals surface area contributed by atoms with Gasteiger partial charge in [0.05, 0.1) is 4.90 Å². The summed E-state index contributed by atoms with van der Waals surface area (Å²) in [6.07, 6.45) is -6.63. The molecule has 0 aliphatic rings. The molecule has 0 aromatic heterocycles. The van der Waals surface area contributed by atoms with E-state index in [1.807, 2.05) is 0 Å². The summed E-state index contributed by atoms with van der Waals surface area (Å²) < 4.78 is 117. The standard InChI is InChI=1S/C15H6Br2F8OS/c16-8-5-10(17)12(7-2-1-3-9(18)4-7)11(6-8)27(26)15(24,25)13(19,20)14(21,22)23/h1-6H. The van der Waals surface area contributed by atoms with E-state index < -0.39 is 44.4 Å². The van der Waals surface area contributed by atoms with E-state index in [0.717, 1.165) is 18.2 Å². The second-order valence-corrected chi connectivity index (χ2v) is 8.39. The van der Waals surface area contributed by atoms with Crippen LogP contribution in [-0.2, 0) is 10.8 Å². The van der Waals surface area contributed by atoms with Crippen LogP contribution >= 0.6 is 31.9 Å². The summed E-state index contributed by atoms with van der Waals surface area (Å²) in [5.41, 5.74) is -0.558. The number of halogens is 10. The predicted octanol–water partition coefficient (Wildman–Crippen LogP) is 6.92. The van der Waals surface area contributed by atoms with Crippen LogP contribution in [0, 0.1) is 5.82 Å². The number of rotatable bonds is 4. The summed E-state index contributed by atoms with van der Waals surface area (Å²) in [7, 11) is -4.13. The van der Waals surface area contributed by atoms with Crippen molar-refractivity contribution in [1.29, 1.82) is 0 Å². The van der Waals surface area contributed by atoms with Crippen LogP contribution in [-0.4, -0.2) is 21.6 Å². The highest BCUT2D eigenvalue weighted by molar-refractivity contribution is 9.11. The number of benzene rings is 2. The maximum absolute atomic E-state index is 13.9. The average Bonchev–Trinajstić information content (AvgIpc) is 2.52. The van der Waals surface area contributed by atoms with E-state index in [4.69, 9.17) is 0 Å². The summed E-state index contributed by atoms with van der Waals surface area (Å²) in [5, 5.41) is -5.98. The lowest BCUT2D eigenvalue weighted by molar-refractivity contribution is -0.331. The van der Waals surface area contributed by atoms with Crippen LogP contribution in [0.5, 0.6) is 0 Å². The van der Waals surface area contributed by atoms with Crippen molar-refractivity contribution >= 4 is 42.7 Å². The number of alkyl halides is 7. The van der Waals surface area contributed by atoms with Gasteiger partial charge in [-0.25, -0.2) is 8.60 Å². The molecule has 1 nitrogen and oxygen atoms in total. The quantitative estimate of drug-likeness (QED) is 0.381. The fraction of sp³-hybridized carbons (Fsp3) is 0.200. The van der Waals surface area contributed by atoms with Gasteiger partial charge in [-0.1, -0.05) is 44.0 Å². The van der Waals surface area contributed by atoms with Gasteiger partial charge in [-0.15, -0.1) is 0 Å². The van der Waals surface area contributed by atoms with E-state index in [1.165, 1.54) is 12.1 Å². The zero-order valence-electron chi connectivity index (χ0n) is 12.6. The lowest BCUT2D eigenvalue weighted by Gasteiger charge is -2.28. The predicted molar refractivity (Wildman–Crippen MR) is 89.6 cm³/mol. The Bertz CT molecular complexity index is 898. The van der Waals surface area contributed by atoms with Crippen molar-refractivity contribution < 1.29 is 39.3 Å². The first-order chi connectivity index (χ1) is 12.2. The Hall–Kier alpha value is -1.01. The minimum Gasteiger partial charge on any atom is -0.248 e. The molecule has 2 rings (SSSR count). The fourth-order valence-electron chi connectivity index (χ4n) is 2.04. The highest BCUT2D eigenvalue weighted by Crippen LogP contribution is 2.51. The molecule has 0 radical (unpaired) electrons. The summed E-state index contributed by atoms with van der Waals surface area (Å²) >= 11 is 5.81. The van der Waals surface area contributed by atoms with Gasteiger partial charge >= 0.3 is 17.4 Å². The number of hydrogen-bond donors (Lipinski definition) is 0. The number of hydrogen-bond acceptors (Lipinski definition) is 1. The summed E-state index contributed by atoms with van der Waals surface area (Å²) in [6, 6.07) is 6.14.